The molecule has 5 rings (SSSR count). The number of hydrogen-bond donors (Lipinski definition) is 0. The van der Waals surface area contributed by atoms with Gasteiger partial charge in [0.2, 0.25) is 0 Å². The van der Waals surface area contributed by atoms with Gasteiger partial charge in [-0.2, -0.15) is 0 Å². The smallest absolute Gasteiger partial charge is 0.267 e. The lowest BCUT2D eigenvalue weighted by atomic mass is 9.90. The first kappa shape index (κ1) is 26.6. The van der Waals surface area contributed by atoms with E-state index in [1.54, 1.807) is 15.4 Å². The molecule has 2 saturated heterocycles. The number of rotatable bonds is 7. The predicted molar refractivity (Wildman–Crippen MR) is 161 cm³/mol. The quantitative estimate of drug-likeness (QED) is 0.280. The number of benzene rings is 1. The summed E-state index contributed by atoms with van der Waals surface area (Å²) < 4.78 is 2.14. The second-order valence-corrected chi connectivity index (χ2v) is 12.4. The number of anilines is 1. The molecular weight excluding hydrogens is 512 g/mol. The second kappa shape index (κ2) is 11.4. The van der Waals surface area contributed by atoms with Crippen LogP contribution in [0.1, 0.15) is 49.8 Å². The van der Waals surface area contributed by atoms with Crippen molar-refractivity contribution >= 4 is 51.7 Å². The molecule has 2 fully saturated rings. The summed E-state index contributed by atoms with van der Waals surface area (Å²) in [5.74, 6) is 1.60. The molecule has 2 aliphatic rings. The number of hydrogen-bond acceptors (Lipinski definition) is 6. The van der Waals surface area contributed by atoms with Crippen LogP contribution in [-0.4, -0.2) is 44.1 Å². The number of fused-ring (bicyclic) bond motifs is 1. The lowest BCUT2D eigenvalue weighted by Gasteiger charge is -2.33. The Hall–Kier alpha value is -2.97. The van der Waals surface area contributed by atoms with E-state index in [9.17, 15) is 9.59 Å². The summed E-state index contributed by atoms with van der Waals surface area (Å²) in [6.45, 7) is 8.45. The van der Waals surface area contributed by atoms with Gasteiger partial charge in [-0.1, -0.05) is 74.2 Å². The fourth-order valence-corrected chi connectivity index (χ4v) is 6.41. The largest absolute Gasteiger partial charge is 0.356 e. The Labute approximate surface area is 233 Å². The van der Waals surface area contributed by atoms with Gasteiger partial charge in [0.05, 0.1) is 10.5 Å². The molecule has 6 nitrogen and oxygen atoms in total. The Morgan fingerprint density at radius 2 is 1.84 bits per heavy atom. The molecule has 0 saturated carbocycles. The van der Waals surface area contributed by atoms with Crippen LogP contribution in [0.25, 0.3) is 11.7 Å². The van der Waals surface area contributed by atoms with Crippen LogP contribution in [0.4, 0.5) is 5.82 Å². The highest BCUT2D eigenvalue weighted by Crippen LogP contribution is 2.34. The lowest BCUT2D eigenvalue weighted by Crippen LogP contribution is -2.37. The maximum absolute atomic E-state index is 13.8. The van der Waals surface area contributed by atoms with Crippen LogP contribution >= 0.6 is 24.0 Å². The Morgan fingerprint density at radius 1 is 1.11 bits per heavy atom. The van der Waals surface area contributed by atoms with E-state index in [1.807, 2.05) is 25.3 Å². The van der Waals surface area contributed by atoms with Gasteiger partial charge in [0, 0.05) is 25.8 Å². The fourth-order valence-electron chi connectivity index (χ4n) is 5.12. The van der Waals surface area contributed by atoms with Gasteiger partial charge in [-0.3, -0.25) is 18.9 Å². The van der Waals surface area contributed by atoms with Gasteiger partial charge in [0.1, 0.15) is 15.8 Å². The summed E-state index contributed by atoms with van der Waals surface area (Å²) in [7, 11) is 0. The molecule has 3 aromatic rings. The lowest BCUT2D eigenvalue weighted by molar-refractivity contribution is -0.122. The minimum absolute atomic E-state index is 0.123. The first-order valence-electron chi connectivity index (χ1n) is 13.4. The van der Waals surface area contributed by atoms with Crippen molar-refractivity contribution in [3.63, 3.8) is 0 Å². The third kappa shape index (κ3) is 5.71. The fraction of sp³-hybridized carbons (Fsp3) is 0.400. The molecule has 0 bridgehead atoms. The van der Waals surface area contributed by atoms with Crippen LogP contribution in [0.15, 0.2) is 58.4 Å². The van der Waals surface area contributed by atoms with Crippen LogP contribution in [0.3, 0.4) is 0 Å². The summed E-state index contributed by atoms with van der Waals surface area (Å²) in [5, 5.41) is 0. The summed E-state index contributed by atoms with van der Waals surface area (Å²) in [6, 6.07) is 14.5. The van der Waals surface area contributed by atoms with E-state index in [1.165, 1.54) is 17.3 Å². The zero-order chi connectivity index (χ0) is 26.8. The Balaban J connectivity index is 1.46. The van der Waals surface area contributed by atoms with Crippen molar-refractivity contribution < 1.29 is 4.79 Å². The highest BCUT2D eigenvalue weighted by molar-refractivity contribution is 8.26. The van der Waals surface area contributed by atoms with Gasteiger partial charge in [-0.15, -0.1) is 0 Å². The number of thiocarbonyl (C=S) groups is 1. The summed E-state index contributed by atoms with van der Waals surface area (Å²) in [4.78, 5) is 36.4. The summed E-state index contributed by atoms with van der Waals surface area (Å²) in [5.41, 5.74) is 3.25. The Morgan fingerprint density at radius 3 is 2.55 bits per heavy atom. The third-order valence-electron chi connectivity index (χ3n) is 7.35. The number of amides is 1. The molecule has 2 aromatic heterocycles. The minimum Gasteiger partial charge on any atom is -0.356 e. The van der Waals surface area contributed by atoms with Crippen molar-refractivity contribution in [2.24, 2.45) is 11.8 Å². The molecule has 1 amide bonds. The monoisotopic (exact) mass is 546 g/mol. The molecule has 4 heterocycles. The molecule has 0 aliphatic carbocycles. The van der Waals surface area contributed by atoms with E-state index in [0.717, 1.165) is 44.3 Å². The predicted octanol–water partition coefficient (Wildman–Crippen LogP) is 5.71. The van der Waals surface area contributed by atoms with Gasteiger partial charge in [0.25, 0.3) is 11.5 Å². The first-order chi connectivity index (χ1) is 18.3. The Bertz CT molecular complexity index is 1440. The normalized spacial score (nSPS) is 17.9. The highest BCUT2D eigenvalue weighted by Gasteiger charge is 2.33. The maximum Gasteiger partial charge on any atom is 0.267 e. The number of piperidine rings is 1. The van der Waals surface area contributed by atoms with Crippen LogP contribution < -0.4 is 10.5 Å². The van der Waals surface area contributed by atoms with Crippen molar-refractivity contribution in [2.45, 2.75) is 46.5 Å². The molecule has 0 atom stereocenters. The topological polar surface area (TPSA) is 57.9 Å². The van der Waals surface area contributed by atoms with Gasteiger partial charge in [-0.25, -0.2) is 4.98 Å². The average molecular weight is 547 g/mol. The van der Waals surface area contributed by atoms with Crippen LogP contribution in [0.2, 0.25) is 0 Å². The number of aromatic nitrogens is 2. The third-order valence-corrected chi connectivity index (χ3v) is 8.72. The van der Waals surface area contributed by atoms with Crippen molar-refractivity contribution in [3.05, 3.63) is 80.6 Å². The minimum atomic E-state index is -0.160. The van der Waals surface area contributed by atoms with Crippen LogP contribution in [0, 0.1) is 18.8 Å². The molecule has 0 N–H and O–H groups in total. The van der Waals surface area contributed by atoms with Crippen molar-refractivity contribution in [3.8, 4) is 0 Å². The van der Waals surface area contributed by atoms with E-state index in [2.05, 4.69) is 49.1 Å². The zero-order valence-corrected chi connectivity index (χ0v) is 23.9. The Kier molecular flexibility index (Phi) is 8.00. The molecule has 8 heteroatoms. The number of carbonyl (C=O) groups excluding carboxylic acids is 1. The average Bonchev–Trinajstić information content (AvgIpc) is 3.17. The van der Waals surface area contributed by atoms with Crippen LogP contribution in [-0.2, 0) is 11.2 Å². The van der Waals surface area contributed by atoms with E-state index in [4.69, 9.17) is 17.2 Å². The van der Waals surface area contributed by atoms with E-state index in [-0.39, 0.29) is 11.5 Å². The van der Waals surface area contributed by atoms with Gasteiger partial charge < -0.3 is 4.90 Å². The SMILES string of the molecule is Cc1ccc2nc(N3CCC(Cc4ccccc4)CC3)c(/C=C3\SC(=S)N(CCC(C)C)C3=O)c(=O)n2c1. The number of aryl methyl sites for hydroxylation is 1. The second-order valence-electron chi connectivity index (χ2n) is 10.7. The number of pyridine rings is 1. The molecule has 0 spiro atoms. The molecular formula is C30H34N4O2S2. The number of carbonyl (C=O) groups is 1. The van der Waals surface area contributed by atoms with Gasteiger partial charge >= 0.3 is 0 Å². The first-order valence-corrected chi connectivity index (χ1v) is 14.6. The molecule has 0 unspecified atom stereocenters. The maximum atomic E-state index is 13.8. The van der Waals surface area contributed by atoms with Crippen LogP contribution in [0.5, 0.6) is 0 Å². The van der Waals surface area contributed by atoms with Crippen molar-refractivity contribution in [1.29, 1.82) is 0 Å². The van der Waals surface area contributed by atoms with E-state index < -0.39 is 0 Å². The van der Waals surface area contributed by atoms with E-state index >= 15 is 0 Å². The standard InChI is InChI=1S/C30H34N4O2S2/c1-20(2)11-16-33-29(36)25(38-30(33)37)18-24-27(31-26-10-9-21(3)19-34(26)28(24)35)32-14-12-23(13-15-32)17-22-7-5-4-6-8-22/h4-10,18-20,23H,11-17H2,1-3H3/b25-18-. The van der Waals surface area contributed by atoms with Gasteiger partial charge in [-0.05, 0) is 67.7 Å². The summed E-state index contributed by atoms with van der Waals surface area (Å²) >= 11 is 6.81. The molecule has 2 aliphatic heterocycles. The van der Waals surface area contributed by atoms with Crippen molar-refractivity contribution in [2.75, 3.05) is 24.5 Å². The summed E-state index contributed by atoms with van der Waals surface area (Å²) in [6.07, 6.45) is 7.53. The molecule has 198 valence electrons. The number of thioether (sulfide) groups is 1. The highest BCUT2D eigenvalue weighted by atomic mass is 32.2. The molecule has 0 radical (unpaired) electrons. The van der Waals surface area contributed by atoms with Crippen molar-refractivity contribution in [1.82, 2.24) is 14.3 Å². The molecule has 38 heavy (non-hydrogen) atoms. The van der Waals surface area contributed by atoms with E-state index in [0.29, 0.717) is 44.6 Å². The number of nitrogens with zero attached hydrogens (tertiary/aromatic N) is 4. The zero-order valence-electron chi connectivity index (χ0n) is 22.2. The molecule has 1 aromatic carbocycles. The van der Waals surface area contributed by atoms with Gasteiger partial charge in [0.15, 0.2) is 0 Å².